The van der Waals surface area contributed by atoms with E-state index in [2.05, 4.69) is 21.2 Å². The number of amides is 2. The maximum atomic E-state index is 13.6. The molecule has 35 heavy (non-hydrogen) atoms. The Balaban J connectivity index is 1.87. The molecule has 0 saturated heterocycles. The molecule has 1 unspecified atom stereocenters. The monoisotopic (exact) mass is 563 g/mol. The Morgan fingerprint density at radius 1 is 1.06 bits per heavy atom. The maximum Gasteiger partial charge on any atom is 0.244 e. The van der Waals surface area contributed by atoms with Crippen molar-refractivity contribution in [2.75, 3.05) is 17.1 Å². The second kappa shape index (κ2) is 12.0. The van der Waals surface area contributed by atoms with Gasteiger partial charge in [-0.1, -0.05) is 59.5 Å². The molecule has 2 aromatic carbocycles. The van der Waals surface area contributed by atoms with Crippen LogP contribution < -0.4 is 9.62 Å². The van der Waals surface area contributed by atoms with Gasteiger partial charge in [-0.05, 0) is 62.1 Å². The third-order valence-electron chi connectivity index (χ3n) is 6.51. The minimum Gasteiger partial charge on any atom is -0.352 e. The van der Waals surface area contributed by atoms with Crippen LogP contribution in [0.25, 0.3) is 0 Å². The number of carbonyl (C=O) groups is 2. The summed E-state index contributed by atoms with van der Waals surface area (Å²) in [6.45, 7) is 3.48. The van der Waals surface area contributed by atoms with E-state index in [0.717, 1.165) is 51.8 Å². The number of hydrogen-bond acceptors (Lipinski definition) is 4. The largest absolute Gasteiger partial charge is 0.352 e. The fourth-order valence-corrected chi connectivity index (χ4v) is 5.46. The third kappa shape index (κ3) is 7.54. The van der Waals surface area contributed by atoms with E-state index in [-0.39, 0.29) is 18.5 Å². The Bertz CT molecular complexity index is 1130. The molecule has 2 aromatic rings. The van der Waals surface area contributed by atoms with Gasteiger partial charge in [0.05, 0.1) is 11.9 Å². The predicted molar refractivity (Wildman–Crippen MR) is 143 cm³/mol. The average molecular weight is 565 g/mol. The van der Waals surface area contributed by atoms with E-state index in [9.17, 15) is 18.0 Å². The van der Waals surface area contributed by atoms with Gasteiger partial charge in [0.15, 0.2) is 0 Å². The second-order valence-corrected chi connectivity index (χ2v) is 12.0. The highest BCUT2D eigenvalue weighted by atomic mass is 79.9. The van der Waals surface area contributed by atoms with Crippen molar-refractivity contribution in [2.24, 2.45) is 0 Å². The highest BCUT2D eigenvalue weighted by Gasteiger charge is 2.31. The van der Waals surface area contributed by atoms with Crippen LogP contribution in [0.2, 0.25) is 0 Å². The number of nitrogens with one attached hydrogen (secondary N) is 1. The third-order valence-corrected chi connectivity index (χ3v) is 8.18. The van der Waals surface area contributed by atoms with E-state index >= 15 is 0 Å². The van der Waals surface area contributed by atoms with E-state index < -0.39 is 28.5 Å². The molecule has 0 aromatic heterocycles. The van der Waals surface area contributed by atoms with Gasteiger partial charge < -0.3 is 10.2 Å². The zero-order valence-electron chi connectivity index (χ0n) is 20.5. The number of aryl methyl sites for hydroxylation is 1. The summed E-state index contributed by atoms with van der Waals surface area (Å²) in [5, 5.41) is 3.11. The van der Waals surface area contributed by atoms with E-state index in [4.69, 9.17) is 0 Å². The topological polar surface area (TPSA) is 86.8 Å². The van der Waals surface area contributed by atoms with Crippen molar-refractivity contribution < 1.29 is 18.0 Å². The Labute approximate surface area is 217 Å². The number of carbonyl (C=O) groups excluding carboxylic acids is 2. The molecule has 1 atom stereocenters. The molecule has 9 heteroatoms. The van der Waals surface area contributed by atoms with Crippen molar-refractivity contribution >= 4 is 43.5 Å². The van der Waals surface area contributed by atoms with Gasteiger partial charge in [-0.2, -0.15) is 0 Å². The normalized spacial score (nSPS) is 15.3. The van der Waals surface area contributed by atoms with Crippen LogP contribution in [0.5, 0.6) is 0 Å². The van der Waals surface area contributed by atoms with E-state index in [0.29, 0.717) is 5.69 Å². The van der Waals surface area contributed by atoms with Crippen LogP contribution >= 0.6 is 15.9 Å². The molecule has 1 N–H and O–H groups in total. The lowest BCUT2D eigenvalue weighted by molar-refractivity contribution is -0.139. The molecule has 0 radical (unpaired) electrons. The second-order valence-electron chi connectivity index (χ2n) is 9.21. The fourth-order valence-electron chi connectivity index (χ4n) is 4.34. The Hall–Kier alpha value is -2.39. The summed E-state index contributed by atoms with van der Waals surface area (Å²) < 4.78 is 27.1. The summed E-state index contributed by atoms with van der Waals surface area (Å²) in [7, 11) is -3.74. The molecule has 0 bridgehead atoms. The Kier molecular flexibility index (Phi) is 9.35. The quantitative estimate of drug-likeness (QED) is 0.490. The zero-order chi connectivity index (χ0) is 25.6. The van der Waals surface area contributed by atoms with Gasteiger partial charge in [0, 0.05) is 17.1 Å². The molecular weight excluding hydrogens is 530 g/mol. The highest BCUT2D eigenvalue weighted by Crippen LogP contribution is 2.22. The first-order chi connectivity index (χ1) is 16.6. The Morgan fingerprint density at radius 2 is 1.69 bits per heavy atom. The fraction of sp³-hybridized carbons (Fsp3) is 0.462. The predicted octanol–water partition coefficient (Wildman–Crippen LogP) is 4.39. The van der Waals surface area contributed by atoms with Crippen LogP contribution in [0.4, 0.5) is 5.69 Å². The zero-order valence-corrected chi connectivity index (χ0v) is 22.9. The van der Waals surface area contributed by atoms with Crippen LogP contribution in [0.15, 0.2) is 53.0 Å². The molecule has 0 heterocycles. The van der Waals surface area contributed by atoms with Gasteiger partial charge in [-0.15, -0.1) is 0 Å². The summed E-state index contributed by atoms with van der Waals surface area (Å²) in [5.41, 5.74) is 2.30. The summed E-state index contributed by atoms with van der Waals surface area (Å²) in [5.74, 6) is -0.652. The lowest BCUT2D eigenvalue weighted by atomic mass is 9.95. The van der Waals surface area contributed by atoms with E-state index in [1.165, 1.54) is 11.3 Å². The van der Waals surface area contributed by atoms with Crippen LogP contribution in [0.1, 0.15) is 50.2 Å². The van der Waals surface area contributed by atoms with Crippen molar-refractivity contribution in [1.82, 2.24) is 10.2 Å². The van der Waals surface area contributed by atoms with Crippen molar-refractivity contribution in [3.8, 4) is 0 Å². The minimum atomic E-state index is -3.74. The number of hydrogen-bond donors (Lipinski definition) is 1. The summed E-state index contributed by atoms with van der Waals surface area (Å²) in [6, 6.07) is 13.8. The van der Waals surface area contributed by atoms with Gasteiger partial charge >= 0.3 is 0 Å². The maximum absolute atomic E-state index is 13.6. The molecule has 3 rings (SSSR count). The van der Waals surface area contributed by atoms with Crippen LogP contribution in [-0.4, -0.2) is 50.0 Å². The Morgan fingerprint density at radius 3 is 2.29 bits per heavy atom. The van der Waals surface area contributed by atoms with Gasteiger partial charge in [-0.25, -0.2) is 8.42 Å². The molecule has 7 nitrogen and oxygen atoms in total. The molecule has 0 aliphatic heterocycles. The molecular formula is C26H34BrN3O4S. The first-order valence-electron chi connectivity index (χ1n) is 11.9. The SMILES string of the molecule is Cc1ccccc1CN(C(=O)CN(c1ccc(Br)cc1)S(C)(=O)=O)C(C)C(=O)NC1CCCCC1. The van der Waals surface area contributed by atoms with Gasteiger partial charge in [-0.3, -0.25) is 13.9 Å². The smallest absolute Gasteiger partial charge is 0.244 e. The standard InChI is InChI=1S/C26H34BrN3O4S/c1-19-9-7-8-10-21(19)17-29(20(2)26(32)28-23-11-5-4-6-12-23)25(31)18-30(35(3,33)34)24-15-13-22(27)14-16-24/h7-10,13-16,20,23H,4-6,11-12,17-18H2,1-3H3,(H,28,32). The van der Waals surface area contributed by atoms with Crippen molar-refractivity contribution in [3.05, 3.63) is 64.1 Å². The molecule has 190 valence electrons. The number of rotatable bonds is 9. The molecule has 2 amide bonds. The van der Waals surface area contributed by atoms with Crippen LogP contribution in [0.3, 0.4) is 0 Å². The highest BCUT2D eigenvalue weighted by molar-refractivity contribution is 9.10. The van der Waals surface area contributed by atoms with Gasteiger partial charge in [0.25, 0.3) is 0 Å². The summed E-state index contributed by atoms with van der Waals surface area (Å²) in [6.07, 6.45) is 6.30. The number of sulfonamides is 1. The minimum absolute atomic E-state index is 0.115. The van der Waals surface area contributed by atoms with Gasteiger partial charge in [0.1, 0.15) is 12.6 Å². The first-order valence-corrected chi connectivity index (χ1v) is 14.6. The molecule has 1 fully saturated rings. The summed E-state index contributed by atoms with van der Waals surface area (Å²) in [4.78, 5) is 28.3. The molecule has 0 spiro atoms. The lowest BCUT2D eigenvalue weighted by Crippen LogP contribution is -2.53. The van der Waals surface area contributed by atoms with E-state index in [1.54, 1.807) is 31.2 Å². The van der Waals surface area contributed by atoms with Crippen molar-refractivity contribution in [3.63, 3.8) is 0 Å². The van der Waals surface area contributed by atoms with Crippen LogP contribution in [0, 0.1) is 6.92 Å². The summed E-state index contributed by atoms with van der Waals surface area (Å²) >= 11 is 3.35. The number of halogens is 1. The molecule has 1 aliphatic carbocycles. The van der Waals surface area contributed by atoms with Crippen molar-refractivity contribution in [1.29, 1.82) is 0 Å². The molecule has 1 aliphatic rings. The van der Waals surface area contributed by atoms with Crippen LogP contribution in [-0.2, 0) is 26.2 Å². The average Bonchev–Trinajstić information content (AvgIpc) is 2.82. The number of benzene rings is 2. The van der Waals surface area contributed by atoms with Gasteiger partial charge in [0.2, 0.25) is 21.8 Å². The number of nitrogens with zero attached hydrogens (tertiary/aromatic N) is 2. The molecule has 1 saturated carbocycles. The van der Waals surface area contributed by atoms with Crippen molar-refractivity contribution in [2.45, 2.75) is 64.6 Å². The number of anilines is 1. The van der Waals surface area contributed by atoms with E-state index in [1.807, 2.05) is 31.2 Å². The first kappa shape index (κ1) is 27.2. The lowest BCUT2D eigenvalue weighted by Gasteiger charge is -2.33.